The Hall–Kier alpha value is -1.30. The second-order valence-corrected chi connectivity index (χ2v) is 5.37. The van der Waals surface area contributed by atoms with Gasteiger partial charge in [0.2, 0.25) is 0 Å². The van der Waals surface area contributed by atoms with Gasteiger partial charge in [-0.1, -0.05) is 18.5 Å². The molecule has 5 nitrogen and oxygen atoms in total. The molecule has 0 spiro atoms. The second kappa shape index (κ2) is 8.09. The van der Waals surface area contributed by atoms with Crippen LogP contribution >= 0.6 is 11.6 Å². The Morgan fingerprint density at radius 3 is 2.55 bits per heavy atom. The first-order chi connectivity index (χ1) is 9.49. The lowest BCUT2D eigenvalue weighted by atomic mass is 10.1. The number of rotatable bonds is 7. The van der Waals surface area contributed by atoms with E-state index in [9.17, 15) is 4.79 Å². The fraction of sp³-hybridized carbons (Fsp3) is 0.500. The third-order valence-electron chi connectivity index (χ3n) is 2.97. The molecule has 0 saturated heterocycles. The maximum atomic E-state index is 12.6. The maximum Gasteiger partial charge on any atom is 0.256 e. The molecule has 112 valence electrons. The standard InChI is InChI=1S/C14H23ClN4O/c1-4-7-19(9-8-18(2)3)14(20)12-10-11(15)5-6-13(12)17-16/h5-6,10,17H,4,7-9,16H2,1-3H3. The highest BCUT2D eigenvalue weighted by Crippen LogP contribution is 2.21. The molecule has 0 unspecified atom stereocenters. The van der Waals surface area contributed by atoms with Gasteiger partial charge in [0.1, 0.15) is 0 Å². The van der Waals surface area contributed by atoms with Crippen molar-refractivity contribution in [2.24, 2.45) is 5.84 Å². The van der Waals surface area contributed by atoms with E-state index >= 15 is 0 Å². The summed E-state index contributed by atoms with van der Waals surface area (Å²) in [7, 11) is 3.97. The Kier molecular flexibility index (Phi) is 6.78. The molecule has 0 aromatic heterocycles. The summed E-state index contributed by atoms with van der Waals surface area (Å²) < 4.78 is 0. The van der Waals surface area contributed by atoms with Crippen molar-refractivity contribution in [2.45, 2.75) is 13.3 Å². The van der Waals surface area contributed by atoms with Crippen LogP contribution in [-0.4, -0.2) is 49.4 Å². The number of carbonyl (C=O) groups is 1. The average Bonchev–Trinajstić information content (AvgIpc) is 2.42. The van der Waals surface area contributed by atoms with E-state index in [-0.39, 0.29) is 5.91 Å². The number of hydrazine groups is 1. The third kappa shape index (κ3) is 4.67. The molecule has 0 atom stereocenters. The van der Waals surface area contributed by atoms with E-state index in [1.807, 2.05) is 19.0 Å². The number of nitrogens with zero attached hydrogens (tertiary/aromatic N) is 2. The zero-order valence-corrected chi connectivity index (χ0v) is 13.1. The zero-order valence-electron chi connectivity index (χ0n) is 12.3. The lowest BCUT2D eigenvalue weighted by Gasteiger charge is -2.25. The molecule has 0 heterocycles. The van der Waals surface area contributed by atoms with E-state index in [0.717, 1.165) is 13.0 Å². The Balaban J connectivity index is 2.95. The average molecular weight is 299 g/mol. The van der Waals surface area contributed by atoms with Gasteiger partial charge in [0.25, 0.3) is 5.91 Å². The van der Waals surface area contributed by atoms with Crippen molar-refractivity contribution in [2.75, 3.05) is 39.2 Å². The number of benzene rings is 1. The SMILES string of the molecule is CCCN(CCN(C)C)C(=O)c1cc(Cl)ccc1NN. The smallest absolute Gasteiger partial charge is 0.256 e. The van der Waals surface area contributed by atoms with Crippen molar-refractivity contribution in [1.29, 1.82) is 0 Å². The van der Waals surface area contributed by atoms with E-state index in [2.05, 4.69) is 17.2 Å². The van der Waals surface area contributed by atoms with Crippen LogP contribution in [0.1, 0.15) is 23.7 Å². The van der Waals surface area contributed by atoms with Gasteiger partial charge >= 0.3 is 0 Å². The van der Waals surface area contributed by atoms with Gasteiger partial charge in [0.15, 0.2) is 0 Å². The first-order valence-corrected chi connectivity index (χ1v) is 7.07. The summed E-state index contributed by atoms with van der Waals surface area (Å²) in [6.07, 6.45) is 0.908. The van der Waals surface area contributed by atoms with Gasteiger partial charge in [-0.25, -0.2) is 0 Å². The quantitative estimate of drug-likeness (QED) is 0.597. The molecule has 20 heavy (non-hydrogen) atoms. The van der Waals surface area contributed by atoms with E-state index in [1.165, 1.54) is 0 Å². The zero-order chi connectivity index (χ0) is 15.1. The van der Waals surface area contributed by atoms with Crippen molar-refractivity contribution in [1.82, 2.24) is 9.80 Å². The molecule has 1 rings (SSSR count). The number of amides is 1. The number of nitrogens with two attached hydrogens (primary N) is 1. The van der Waals surface area contributed by atoms with Gasteiger partial charge in [0.05, 0.1) is 11.3 Å². The highest BCUT2D eigenvalue weighted by Gasteiger charge is 2.18. The summed E-state index contributed by atoms with van der Waals surface area (Å²) in [5.74, 6) is 5.41. The van der Waals surface area contributed by atoms with Crippen molar-refractivity contribution >= 4 is 23.2 Å². The fourth-order valence-electron chi connectivity index (χ4n) is 1.90. The van der Waals surface area contributed by atoms with Crippen LogP contribution < -0.4 is 11.3 Å². The second-order valence-electron chi connectivity index (χ2n) is 4.93. The molecule has 0 saturated carbocycles. The molecule has 6 heteroatoms. The normalized spacial score (nSPS) is 10.7. The van der Waals surface area contributed by atoms with Crippen molar-refractivity contribution < 1.29 is 4.79 Å². The maximum absolute atomic E-state index is 12.6. The van der Waals surface area contributed by atoms with E-state index in [4.69, 9.17) is 17.4 Å². The largest absolute Gasteiger partial charge is 0.337 e. The lowest BCUT2D eigenvalue weighted by molar-refractivity contribution is 0.0746. The Morgan fingerprint density at radius 1 is 1.30 bits per heavy atom. The predicted octanol–water partition coefficient (Wildman–Crippen LogP) is 2.04. The van der Waals surface area contributed by atoms with E-state index in [0.29, 0.717) is 29.4 Å². The van der Waals surface area contributed by atoms with Crippen molar-refractivity contribution in [3.8, 4) is 0 Å². The molecule has 0 aliphatic heterocycles. The third-order valence-corrected chi connectivity index (χ3v) is 3.20. The van der Waals surface area contributed by atoms with Gasteiger partial charge in [-0.15, -0.1) is 0 Å². The summed E-state index contributed by atoms with van der Waals surface area (Å²) in [6, 6.07) is 5.07. The molecular formula is C14H23ClN4O. The number of carbonyl (C=O) groups excluding carboxylic acids is 1. The fourth-order valence-corrected chi connectivity index (χ4v) is 2.07. The molecule has 0 radical (unpaired) electrons. The predicted molar refractivity (Wildman–Crippen MR) is 84.0 cm³/mol. The van der Waals surface area contributed by atoms with Gasteiger partial charge in [-0.2, -0.15) is 0 Å². The van der Waals surface area contributed by atoms with Gasteiger partial charge in [0, 0.05) is 24.7 Å². The summed E-state index contributed by atoms with van der Waals surface area (Å²) in [4.78, 5) is 16.5. The van der Waals surface area contributed by atoms with Crippen LogP contribution in [0.25, 0.3) is 0 Å². The minimum atomic E-state index is -0.0517. The summed E-state index contributed by atoms with van der Waals surface area (Å²) in [5, 5.41) is 0.524. The Morgan fingerprint density at radius 2 is 2.00 bits per heavy atom. The molecule has 0 aliphatic carbocycles. The van der Waals surface area contributed by atoms with Crippen LogP contribution in [0.3, 0.4) is 0 Å². The Labute approximate surface area is 125 Å². The monoisotopic (exact) mass is 298 g/mol. The van der Waals surface area contributed by atoms with Crippen molar-refractivity contribution in [3.63, 3.8) is 0 Å². The summed E-state index contributed by atoms with van der Waals surface area (Å²) in [5.41, 5.74) is 3.64. The first-order valence-electron chi connectivity index (χ1n) is 6.69. The summed E-state index contributed by atoms with van der Waals surface area (Å²) in [6.45, 7) is 4.26. The lowest BCUT2D eigenvalue weighted by Crippen LogP contribution is -2.37. The van der Waals surface area contributed by atoms with Gasteiger partial charge < -0.3 is 15.2 Å². The molecule has 1 aromatic rings. The number of nitrogens with one attached hydrogen (secondary N) is 1. The number of likely N-dealkylation sites (N-methyl/N-ethyl adjacent to an activating group) is 1. The van der Waals surface area contributed by atoms with Crippen LogP contribution in [0.5, 0.6) is 0 Å². The van der Waals surface area contributed by atoms with E-state index < -0.39 is 0 Å². The minimum absolute atomic E-state index is 0.0517. The highest BCUT2D eigenvalue weighted by atomic mass is 35.5. The highest BCUT2D eigenvalue weighted by molar-refractivity contribution is 6.31. The van der Waals surface area contributed by atoms with Crippen LogP contribution in [0.2, 0.25) is 5.02 Å². The molecule has 0 fully saturated rings. The Bertz CT molecular complexity index is 451. The van der Waals surface area contributed by atoms with Crippen LogP contribution in [-0.2, 0) is 0 Å². The van der Waals surface area contributed by atoms with Gasteiger partial charge in [-0.3, -0.25) is 10.6 Å². The van der Waals surface area contributed by atoms with Crippen molar-refractivity contribution in [3.05, 3.63) is 28.8 Å². The molecule has 0 bridgehead atoms. The molecule has 1 aromatic carbocycles. The van der Waals surface area contributed by atoms with E-state index in [1.54, 1.807) is 18.2 Å². The molecule has 0 aliphatic rings. The summed E-state index contributed by atoms with van der Waals surface area (Å²) >= 11 is 5.98. The number of halogens is 1. The minimum Gasteiger partial charge on any atom is -0.337 e. The molecular weight excluding hydrogens is 276 g/mol. The number of anilines is 1. The van der Waals surface area contributed by atoms with Crippen LogP contribution in [0, 0.1) is 0 Å². The van der Waals surface area contributed by atoms with Gasteiger partial charge in [-0.05, 0) is 38.7 Å². The molecule has 3 N–H and O–H groups in total. The topological polar surface area (TPSA) is 61.6 Å². The van der Waals surface area contributed by atoms with Crippen LogP contribution in [0.4, 0.5) is 5.69 Å². The molecule has 1 amide bonds. The number of nitrogen functional groups attached to an aromatic ring is 1. The van der Waals surface area contributed by atoms with Crippen LogP contribution in [0.15, 0.2) is 18.2 Å². The number of hydrogen-bond acceptors (Lipinski definition) is 4. The first kappa shape index (κ1) is 16.8. The number of hydrogen-bond donors (Lipinski definition) is 2.